The van der Waals surface area contributed by atoms with Crippen LogP contribution < -0.4 is 5.32 Å². The summed E-state index contributed by atoms with van der Waals surface area (Å²) in [4.78, 5) is 15.0. The number of halogens is 1. The van der Waals surface area contributed by atoms with E-state index in [0.29, 0.717) is 18.2 Å². The van der Waals surface area contributed by atoms with Gasteiger partial charge < -0.3 is 15.0 Å². The van der Waals surface area contributed by atoms with Gasteiger partial charge in [-0.2, -0.15) is 0 Å². The van der Waals surface area contributed by atoms with Crippen molar-refractivity contribution in [3.8, 4) is 0 Å². The Hall–Kier alpha value is -0.910. The van der Waals surface area contributed by atoms with Crippen molar-refractivity contribution in [1.29, 1.82) is 0 Å². The van der Waals surface area contributed by atoms with Crippen LogP contribution in [0.4, 0.5) is 4.79 Å². The van der Waals surface area contributed by atoms with Crippen LogP contribution in [0.3, 0.4) is 0 Å². The number of nitrogens with zero attached hydrogens (tertiary/aromatic N) is 1. The Kier molecular flexibility index (Phi) is 5.57. The van der Waals surface area contributed by atoms with E-state index in [0.717, 1.165) is 17.7 Å². The molecule has 20 heavy (non-hydrogen) atoms. The van der Waals surface area contributed by atoms with Gasteiger partial charge in [0, 0.05) is 36.4 Å². The lowest BCUT2D eigenvalue weighted by atomic mass is 10.0. The molecule has 0 aromatic heterocycles. The van der Waals surface area contributed by atoms with Crippen LogP contribution >= 0.6 is 23.4 Å². The van der Waals surface area contributed by atoms with Crippen LogP contribution in [0.25, 0.3) is 0 Å². The van der Waals surface area contributed by atoms with E-state index >= 15 is 0 Å². The number of hydrogen-bond acceptors (Lipinski definition) is 3. The maximum atomic E-state index is 12.1. The highest BCUT2D eigenvalue weighted by Gasteiger charge is 2.23. The van der Waals surface area contributed by atoms with Gasteiger partial charge in [0.05, 0.1) is 12.6 Å². The van der Waals surface area contributed by atoms with Gasteiger partial charge in [0.2, 0.25) is 0 Å². The number of amides is 2. The summed E-state index contributed by atoms with van der Waals surface area (Å²) in [7, 11) is 3.40. The van der Waals surface area contributed by atoms with Gasteiger partial charge in [-0.25, -0.2) is 4.79 Å². The summed E-state index contributed by atoms with van der Waals surface area (Å²) < 4.78 is 4.98. The van der Waals surface area contributed by atoms with Gasteiger partial charge in [0.25, 0.3) is 0 Å². The van der Waals surface area contributed by atoms with Crippen LogP contribution in [0.15, 0.2) is 23.1 Å². The van der Waals surface area contributed by atoms with Crippen molar-refractivity contribution in [3.63, 3.8) is 0 Å². The Morgan fingerprint density at radius 3 is 3.15 bits per heavy atom. The Balaban J connectivity index is 2.04. The highest BCUT2D eigenvalue weighted by Crippen LogP contribution is 2.37. The number of thioether (sulfide) groups is 1. The monoisotopic (exact) mass is 314 g/mol. The molecular formula is C14H19ClN2O2S. The van der Waals surface area contributed by atoms with E-state index in [4.69, 9.17) is 16.3 Å². The number of nitrogens with one attached hydrogen (secondary N) is 1. The molecule has 1 aromatic carbocycles. The van der Waals surface area contributed by atoms with Crippen LogP contribution in [-0.2, 0) is 4.74 Å². The zero-order valence-corrected chi connectivity index (χ0v) is 13.3. The van der Waals surface area contributed by atoms with E-state index in [1.807, 2.05) is 18.2 Å². The molecule has 1 aliphatic rings. The second-order valence-electron chi connectivity index (χ2n) is 4.74. The number of hydrogen-bond donors (Lipinski definition) is 1. The predicted molar refractivity (Wildman–Crippen MR) is 82.6 cm³/mol. The van der Waals surface area contributed by atoms with E-state index in [9.17, 15) is 4.79 Å². The molecule has 1 atom stereocenters. The average Bonchev–Trinajstić information content (AvgIpc) is 2.45. The zero-order valence-electron chi connectivity index (χ0n) is 11.7. The normalized spacial score (nSPS) is 17.4. The SMILES string of the molecule is COCCN(C)C(=O)N[C@@H]1CCSc2ccc(Cl)cc21. The molecule has 0 radical (unpaired) electrons. The van der Waals surface area contributed by atoms with Crippen molar-refractivity contribution in [2.75, 3.05) is 33.1 Å². The Labute approximate surface area is 128 Å². The minimum atomic E-state index is -0.0788. The number of carbonyl (C=O) groups is 1. The molecule has 0 fully saturated rings. The van der Waals surface area contributed by atoms with E-state index < -0.39 is 0 Å². The number of benzene rings is 1. The first kappa shape index (κ1) is 15.5. The lowest BCUT2D eigenvalue weighted by Crippen LogP contribution is -2.41. The van der Waals surface area contributed by atoms with Crippen molar-refractivity contribution in [3.05, 3.63) is 28.8 Å². The highest BCUT2D eigenvalue weighted by molar-refractivity contribution is 7.99. The number of fused-ring (bicyclic) bond motifs is 1. The zero-order chi connectivity index (χ0) is 14.5. The van der Waals surface area contributed by atoms with Crippen molar-refractivity contribution in [2.45, 2.75) is 17.4 Å². The van der Waals surface area contributed by atoms with Crippen LogP contribution in [0, 0.1) is 0 Å². The largest absolute Gasteiger partial charge is 0.383 e. The summed E-state index contributed by atoms with van der Waals surface area (Å²) in [5.41, 5.74) is 1.11. The number of likely N-dealkylation sites (N-methyl/N-ethyl adjacent to an activating group) is 1. The van der Waals surface area contributed by atoms with Crippen molar-refractivity contribution < 1.29 is 9.53 Å². The van der Waals surface area contributed by atoms with E-state index in [1.165, 1.54) is 4.90 Å². The summed E-state index contributed by atoms with van der Waals surface area (Å²) in [5, 5.41) is 3.78. The third-order valence-corrected chi connectivity index (χ3v) is 4.64. The third kappa shape index (κ3) is 3.81. The quantitative estimate of drug-likeness (QED) is 0.928. The molecule has 6 heteroatoms. The molecule has 0 saturated heterocycles. The molecule has 0 spiro atoms. The maximum Gasteiger partial charge on any atom is 0.317 e. The Bertz CT molecular complexity index is 484. The Morgan fingerprint density at radius 2 is 2.40 bits per heavy atom. The number of rotatable bonds is 4. The highest BCUT2D eigenvalue weighted by atomic mass is 35.5. The van der Waals surface area contributed by atoms with Crippen LogP contribution in [0.5, 0.6) is 0 Å². The van der Waals surface area contributed by atoms with Gasteiger partial charge in [-0.05, 0) is 30.2 Å². The summed E-state index contributed by atoms with van der Waals surface area (Å²) in [5.74, 6) is 1.00. The fourth-order valence-corrected chi connectivity index (χ4v) is 3.39. The van der Waals surface area contributed by atoms with Gasteiger partial charge in [-0.3, -0.25) is 0 Å². The van der Waals surface area contributed by atoms with Crippen molar-refractivity contribution in [1.82, 2.24) is 10.2 Å². The van der Waals surface area contributed by atoms with E-state index in [2.05, 4.69) is 5.32 Å². The molecule has 1 aromatic rings. The van der Waals surface area contributed by atoms with Crippen LogP contribution in [-0.4, -0.2) is 44.0 Å². The van der Waals surface area contributed by atoms with Crippen molar-refractivity contribution >= 4 is 29.4 Å². The molecule has 4 nitrogen and oxygen atoms in total. The fourth-order valence-electron chi connectivity index (χ4n) is 2.10. The molecule has 0 bridgehead atoms. The van der Waals surface area contributed by atoms with Crippen LogP contribution in [0.2, 0.25) is 5.02 Å². The molecule has 2 rings (SSSR count). The summed E-state index contributed by atoms with van der Waals surface area (Å²) >= 11 is 7.87. The molecule has 1 N–H and O–H groups in total. The minimum absolute atomic E-state index is 0.0300. The van der Waals surface area contributed by atoms with Gasteiger partial charge in [0.15, 0.2) is 0 Å². The van der Waals surface area contributed by atoms with Gasteiger partial charge >= 0.3 is 6.03 Å². The molecule has 1 heterocycles. The molecular weight excluding hydrogens is 296 g/mol. The summed E-state index contributed by atoms with van der Waals surface area (Å²) in [6.45, 7) is 1.11. The Morgan fingerprint density at radius 1 is 1.60 bits per heavy atom. The molecule has 110 valence electrons. The van der Waals surface area contributed by atoms with Gasteiger partial charge in [-0.15, -0.1) is 11.8 Å². The topological polar surface area (TPSA) is 41.6 Å². The second kappa shape index (κ2) is 7.20. The molecule has 0 aliphatic carbocycles. The molecule has 1 aliphatic heterocycles. The third-order valence-electron chi connectivity index (χ3n) is 3.29. The number of methoxy groups -OCH3 is 1. The first-order chi connectivity index (χ1) is 9.61. The average molecular weight is 315 g/mol. The van der Waals surface area contributed by atoms with E-state index in [1.54, 1.807) is 30.8 Å². The van der Waals surface area contributed by atoms with Gasteiger partial charge in [-0.1, -0.05) is 11.6 Å². The minimum Gasteiger partial charge on any atom is -0.383 e. The summed E-state index contributed by atoms with van der Waals surface area (Å²) in [6, 6.07) is 5.81. The molecule has 0 unspecified atom stereocenters. The lowest BCUT2D eigenvalue weighted by Gasteiger charge is -2.28. The molecule has 0 saturated carbocycles. The fraction of sp³-hybridized carbons (Fsp3) is 0.500. The van der Waals surface area contributed by atoms with Gasteiger partial charge in [0.1, 0.15) is 0 Å². The van der Waals surface area contributed by atoms with E-state index in [-0.39, 0.29) is 12.1 Å². The predicted octanol–water partition coefficient (Wildman–Crippen LogP) is 3.16. The number of carbonyl (C=O) groups excluding carboxylic acids is 1. The summed E-state index contributed by atoms with van der Waals surface area (Å²) in [6.07, 6.45) is 0.919. The second-order valence-corrected chi connectivity index (χ2v) is 6.31. The first-order valence-electron chi connectivity index (χ1n) is 6.54. The van der Waals surface area contributed by atoms with Crippen LogP contribution in [0.1, 0.15) is 18.0 Å². The maximum absolute atomic E-state index is 12.1. The lowest BCUT2D eigenvalue weighted by molar-refractivity contribution is 0.157. The molecule has 2 amide bonds. The smallest absolute Gasteiger partial charge is 0.317 e. The number of ether oxygens (including phenoxy) is 1. The standard InChI is InChI=1S/C14H19ClN2O2S/c1-17(6-7-19-2)14(18)16-12-5-8-20-13-4-3-10(15)9-11(12)13/h3-4,9,12H,5-8H2,1-2H3,(H,16,18)/t12-/m1/s1. The first-order valence-corrected chi connectivity index (χ1v) is 7.91. The van der Waals surface area contributed by atoms with Crippen molar-refractivity contribution in [2.24, 2.45) is 0 Å². The number of urea groups is 1.